The summed E-state index contributed by atoms with van der Waals surface area (Å²) in [5.41, 5.74) is 9.32. The van der Waals surface area contributed by atoms with Crippen molar-refractivity contribution in [2.75, 3.05) is 4.90 Å². The monoisotopic (exact) mass is 588 g/mol. The lowest BCUT2D eigenvalue weighted by atomic mass is 10.0. The second-order valence-electron chi connectivity index (χ2n) is 11.7. The van der Waals surface area contributed by atoms with E-state index >= 15 is 0 Å². The van der Waals surface area contributed by atoms with Crippen LogP contribution in [0.25, 0.3) is 65.9 Å². The number of nitrogens with zero attached hydrogens (tertiary/aromatic N) is 2. The van der Waals surface area contributed by atoms with Crippen molar-refractivity contribution in [3.05, 3.63) is 170 Å². The van der Waals surface area contributed by atoms with Crippen molar-refractivity contribution < 1.29 is 4.42 Å². The van der Waals surface area contributed by atoms with Crippen molar-refractivity contribution in [3.8, 4) is 22.4 Å². The summed E-state index contributed by atoms with van der Waals surface area (Å²) in [7, 11) is 0. The largest absolute Gasteiger partial charge is 0.456 e. The molecule has 0 unspecified atom stereocenters. The first kappa shape index (κ1) is 26.2. The average molecular weight is 589 g/mol. The summed E-state index contributed by atoms with van der Waals surface area (Å²) in [4.78, 5) is 7.17. The Kier molecular flexibility index (Phi) is 6.14. The molecule has 46 heavy (non-hydrogen) atoms. The van der Waals surface area contributed by atoms with Crippen LogP contribution in [0.3, 0.4) is 0 Å². The molecule has 2 aromatic heterocycles. The number of benzene rings is 7. The molecule has 0 aliphatic carbocycles. The maximum atomic E-state index is 6.31. The number of hydrogen-bond acceptors (Lipinski definition) is 3. The molecule has 0 saturated heterocycles. The van der Waals surface area contributed by atoms with Crippen LogP contribution in [0.5, 0.6) is 0 Å². The molecule has 0 N–H and O–H groups in total. The highest BCUT2D eigenvalue weighted by molar-refractivity contribution is 6.18. The molecule has 3 heteroatoms. The van der Waals surface area contributed by atoms with E-state index in [2.05, 4.69) is 169 Å². The van der Waals surface area contributed by atoms with Gasteiger partial charge in [0.1, 0.15) is 11.2 Å². The van der Waals surface area contributed by atoms with Crippen LogP contribution in [0, 0.1) is 0 Å². The van der Waals surface area contributed by atoms with Gasteiger partial charge in [-0.2, -0.15) is 0 Å². The summed E-state index contributed by atoms with van der Waals surface area (Å²) in [6, 6.07) is 57.7. The number of aromatic nitrogens is 1. The van der Waals surface area contributed by atoms with Crippen LogP contribution in [-0.4, -0.2) is 4.98 Å². The molecule has 0 aliphatic heterocycles. The van der Waals surface area contributed by atoms with E-state index in [0.29, 0.717) is 0 Å². The van der Waals surface area contributed by atoms with Gasteiger partial charge in [-0.3, -0.25) is 4.98 Å². The molecule has 7 aromatic carbocycles. The van der Waals surface area contributed by atoms with Crippen LogP contribution in [0.2, 0.25) is 0 Å². The molecule has 3 nitrogen and oxygen atoms in total. The SMILES string of the molecule is c1ccc(N(c2ccc(-c3ccc4ccccc4c3)cc2)c2ccc(-c3cc4oc5ccc6ccccc6c5c4cn3)cc2)cc1. The van der Waals surface area contributed by atoms with Gasteiger partial charge in [0.25, 0.3) is 0 Å². The third-order valence-corrected chi connectivity index (χ3v) is 8.89. The van der Waals surface area contributed by atoms with Crippen LogP contribution in [0.4, 0.5) is 17.1 Å². The van der Waals surface area contributed by atoms with Gasteiger partial charge in [-0.05, 0) is 81.2 Å². The van der Waals surface area contributed by atoms with Gasteiger partial charge < -0.3 is 9.32 Å². The molecule has 0 spiro atoms. The third kappa shape index (κ3) is 4.49. The fraction of sp³-hybridized carbons (Fsp3) is 0. The molecule has 0 amide bonds. The van der Waals surface area contributed by atoms with Crippen molar-refractivity contribution in [3.63, 3.8) is 0 Å². The molecule has 9 aromatic rings. The topological polar surface area (TPSA) is 29.3 Å². The summed E-state index contributed by atoms with van der Waals surface area (Å²) < 4.78 is 6.31. The Morgan fingerprint density at radius 3 is 1.80 bits per heavy atom. The highest BCUT2D eigenvalue weighted by Crippen LogP contribution is 2.38. The maximum Gasteiger partial charge on any atom is 0.139 e. The van der Waals surface area contributed by atoms with Gasteiger partial charge in [0.2, 0.25) is 0 Å². The Morgan fingerprint density at radius 2 is 1.02 bits per heavy atom. The van der Waals surface area contributed by atoms with Crippen LogP contribution in [0.15, 0.2) is 174 Å². The van der Waals surface area contributed by atoms with E-state index in [9.17, 15) is 0 Å². The van der Waals surface area contributed by atoms with Crippen molar-refractivity contribution in [1.82, 2.24) is 4.98 Å². The first-order chi connectivity index (χ1) is 22.8. The van der Waals surface area contributed by atoms with E-state index in [-0.39, 0.29) is 0 Å². The summed E-state index contributed by atoms with van der Waals surface area (Å²) >= 11 is 0. The molecule has 0 radical (unpaired) electrons. The summed E-state index contributed by atoms with van der Waals surface area (Å²) in [5.74, 6) is 0. The lowest BCUT2D eigenvalue weighted by Gasteiger charge is -2.26. The Balaban J connectivity index is 1.06. The Morgan fingerprint density at radius 1 is 0.413 bits per heavy atom. The van der Waals surface area contributed by atoms with Crippen molar-refractivity contribution in [2.24, 2.45) is 0 Å². The number of hydrogen-bond donors (Lipinski definition) is 0. The molecular weight excluding hydrogens is 560 g/mol. The minimum atomic E-state index is 0.845. The number of para-hydroxylation sites is 1. The lowest BCUT2D eigenvalue weighted by molar-refractivity contribution is 0.669. The van der Waals surface area contributed by atoms with Gasteiger partial charge in [0, 0.05) is 45.7 Å². The molecule has 0 aliphatic rings. The predicted molar refractivity (Wildman–Crippen MR) is 192 cm³/mol. The second kappa shape index (κ2) is 10.8. The number of furan rings is 1. The Labute approximate surface area is 266 Å². The van der Waals surface area contributed by atoms with Crippen molar-refractivity contribution >= 4 is 60.5 Å². The summed E-state index contributed by atoms with van der Waals surface area (Å²) in [6.45, 7) is 0. The number of pyridine rings is 1. The minimum absolute atomic E-state index is 0.845. The molecule has 0 fully saturated rings. The van der Waals surface area contributed by atoms with Crippen molar-refractivity contribution in [2.45, 2.75) is 0 Å². The smallest absolute Gasteiger partial charge is 0.139 e. The second-order valence-corrected chi connectivity index (χ2v) is 11.7. The molecule has 216 valence electrons. The summed E-state index contributed by atoms with van der Waals surface area (Å²) in [5, 5.41) is 7.04. The minimum Gasteiger partial charge on any atom is -0.456 e. The normalized spacial score (nSPS) is 11.5. The average Bonchev–Trinajstić information content (AvgIpc) is 3.51. The van der Waals surface area contributed by atoms with Gasteiger partial charge in [-0.1, -0.05) is 109 Å². The third-order valence-electron chi connectivity index (χ3n) is 8.89. The van der Waals surface area contributed by atoms with E-state index in [0.717, 1.165) is 50.3 Å². The maximum absolute atomic E-state index is 6.31. The lowest BCUT2D eigenvalue weighted by Crippen LogP contribution is -2.09. The first-order valence-electron chi connectivity index (χ1n) is 15.5. The standard InChI is InChI=1S/C43H28N2O/c1-2-11-35(12-3-1)45(36-21-16-30(17-22-36)34-15-14-29-8-4-5-10-33(29)26-34)37-23-18-32(19-24-37)40-27-42-39(28-44-40)43-38-13-7-6-9-31(38)20-25-41(43)46-42/h1-28H. The van der Waals surface area contributed by atoms with Gasteiger partial charge in [0.15, 0.2) is 0 Å². The van der Waals surface area contributed by atoms with E-state index in [1.54, 1.807) is 0 Å². The molecule has 0 bridgehead atoms. The fourth-order valence-electron chi connectivity index (χ4n) is 6.58. The molecular formula is C43H28N2O. The first-order valence-corrected chi connectivity index (χ1v) is 15.5. The van der Waals surface area contributed by atoms with Crippen LogP contribution >= 0.6 is 0 Å². The number of rotatable bonds is 5. The quantitative estimate of drug-likeness (QED) is 0.200. The molecule has 0 saturated carbocycles. The van der Waals surface area contributed by atoms with Gasteiger partial charge in [-0.25, -0.2) is 0 Å². The van der Waals surface area contributed by atoms with E-state index < -0.39 is 0 Å². The highest BCUT2D eigenvalue weighted by Gasteiger charge is 2.15. The van der Waals surface area contributed by atoms with Crippen LogP contribution < -0.4 is 4.90 Å². The van der Waals surface area contributed by atoms with Crippen LogP contribution in [0.1, 0.15) is 0 Å². The van der Waals surface area contributed by atoms with Gasteiger partial charge in [-0.15, -0.1) is 0 Å². The van der Waals surface area contributed by atoms with Gasteiger partial charge >= 0.3 is 0 Å². The van der Waals surface area contributed by atoms with E-state index in [1.165, 1.54) is 32.7 Å². The van der Waals surface area contributed by atoms with Crippen LogP contribution in [-0.2, 0) is 0 Å². The molecule has 2 heterocycles. The number of fused-ring (bicyclic) bond motifs is 6. The number of anilines is 3. The predicted octanol–water partition coefficient (Wildman–Crippen LogP) is 12.1. The van der Waals surface area contributed by atoms with Crippen molar-refractivity contribution in [1.29, 1.82) is 0 Å². The Hall–Kier alpha value is -6.19. The van der Waals surface area contributed by atoms with E-state index in [1.807, 2.05) is 6.20 Å². The zero-order chi connectivity index (χ0) is 30.5. The fourth-order valence-corrected chi connectivity index (χ4v) is 6.58. The Bertz CT molecular complexity index is 2510. The van der Waals surface area contributed by atoms with Gasteiger partial charge in [0.05, 0.1) is 5.69 Å². The molecule has 0 atom stereocenters. The zero-order valence-electron chi connectivity index (χ0n) is 25.0. The zero-order valence-corrected chi connectivity index (χ0v) is 25.0. The highest BCUT2D eigenvalue weighted by atomic mass is 16.3. The molecule has 9 rings (SSSR count). The summed E-state index contributed by atoms with van der Waals surface area (Å²) in [6.07, 6.45) is 1.95. The van der Waals surface area contributed by atoms with E-state index in [4.69, 9.17) is 9.40 Å².